The lowest BCUT2D eigenvalue weighted by Crippen LogP contribution is -2.29. The van der Waals surface area contributed by atoms with Crippen LogP contribution < -0.4 is 25.0 Å². The summed E-state index contributed by atoms with van der Waals surface area (Å²) < 4.78 is 17.0. The zero-order valence-corrected chi connectivity index (χ0v) is 26.5. The van der Waals surface area contributed by atoms with Crippen molar-refractivity contribution in [2.75, 3.05) is 6.26 Å². The van der Waals surface area contributed by atoms with Crippen LogP contribution in [0.3, 0.4) is 0 Å². The van der Waals surface area contributed by atoms with Gasteiger partial charge in [-0.05, 0) is 66.1 Å². The monoisotopic (exact) mass is 648 g/mol. The van der Waals surface area contributed by atoms with Crippen LogP contribution in [0.1, 0.15) is 74.0 Å². The van der Waals surface area contributed by atoms with Gasteiger partial charge in [0.25, 0.3) is 11.6 Å². The maximum atomic E-state index is 13.4. The largest absolute Gasteiger partial charge is 0.422 e. The Bertz CT molecular complexity index is 1770. The summed E-state index contributed by atoms with van der Waals surface area (Å²) in [6, 6.07) is 10.6. The average Bonchev–Trinajstić information content (AvgIpc) is 3.30. The summed E-state index contributed by atoms with van der Waals surface area (Å²) in [5.74, 6) is -3.00. The van der Waals surface area contributed by atoms with Crippen molar-refractivity contribution in [1.82, 2.24) is 5.32 Å². The molecule has 0 fully saturated rings. The number of carbonyl (C=O) groups excluding carboxylic acids is 4. The third-order valence-corrected chi connectivity index (χ3v) is 8.04. The Morgan fingerprint density at radius 3 is 2.09 bits per heavy atom. The zero-order valence-electron chi connectivity index (χ0n) is 25.7. The first kappa shape index (κ1) is 33.8. The van der Waals surface area contributed by atoms with E-state index >= 15 is 0 Å². The maximum absolute atomic E-state index is 13.4. The Morgan fingerprint density at radius 2 is 1.50 bits per heavy atom. The number of hydrogen-bond donors (Lipinski definition) is 1. The lowest BCUT2D eigenvalue weighted by molar-refractivity contribution is -0.384. The van der Waals surface area contributed by atoms with Crippen LogP contribution in [0, 0.1) is 10.1 Å². The molecule has 0 unspecified atom stereocenters. The number of ether oxygens (including phenoxy) is 3. The van der Waals surface area contributed by atoms with Gasteiger partial charge in [-0.2, -0.15) is 0 Å². The van der Waals surface area contributed by atoms with E-state index in [-0.39, 0.29) is 66.0 Å². The Labute approximate surface area is 268 Å². The molecule has 1 amide bonds. The van der Waals surface area contributed by atoms with E-state index < -0.39 is 34.8 Å². The Balaban J connectivity index is 1.98. The summed E-state index contributed by atoms with van der Waals surface area (Å²) in [5.41, 5.74) is 1.38. The van der Waals surface area contributed by atoms with Gasteiger partial charge in [0.05, 0.1) is 15.9 Å². The molecule has 0 spiro atoms. The molecule has 3 aromatic rings. The number of benzene rings is 2. The quantitative estimate of drug-likeness (QED) is 0.0940. The smallest absolute Gasteiger partial charge is 0.311 e. The molecular weight excluding hydrogens is 616 g/mol. The molecule has 0 bridgehead atoms. The Morgan fingerprint density at radius 1 is 0.891 bits per heavy atom. The van der Waals surface area contributed by atoms with Crippen molar-refractivity contribution >= 4 is 41.3 Å². The standard InChI is InChI=1S/C33H32N2O10S/c1-5-27(37)43-25-16-19-10-14-23(34-33(40)18-8-11-20(12-9-18)35(41)42)22-17-24(36)26(46-4)15-13-21(22)30(19)32(45-29(39)7-3)31(25)44-28(38)6-2/h8-9,11-13,15-17,23H,5-7,10,14H2,1-4H3,(H,34,40)/t23-/m0/s1. The van der Waals surface area contributed by atoms with E-state index in [1.165, 1.54) is 48.2 Å². The van der Waals surface area contributed by atoms with Gasteiger partial charge in [0.2, 0.25) is 5.75 Å². The van der Waals surface area contributed by atoms with Gasteiger partial charge < -0.3 is 19.5 Å². The molecule has 4 rings (SSSR count). The van der Waals surface area contributed by atoms with E-state index in [1.807, 2.05) is 0 Å². The van der Waals surface area contributed by atoms with E-state index in [0.29, 0.717) is 27.1 Å². The summed E-state index contributed by atoms with van der Waals surface area (Å²) in [7, 11) is 0. The van der Waals surface area contributed by atoms with Crippen LogP contribution in [0.2, 0.25) is 0 Å². The molecule has 0 heterocycles. The fourth-order valence-electron chi connectivity index (χ4n) is 4.89. The molecule has 12 nitrogen and oxygen atoms in total. The molecule has 3 aromatic carbocycles. The topological polar surface area (TPSA) is 168 Å². The fourth-order valence-corrected chi connectivity index (χ4v) is 5.35. The molecule has 1 aliphatic carbocycles. The fraction of sp³-hybridized carbons (Fsp3) is 0.303. The second-order valence-corrected chi connectivity index (χ2v) is 11.0. The third kappa shape index (κ3) is 7.42. The molecule has 13 heteroatoms. The van der Waals surface area contributed by atoms with E-state index in [1.54, 1.807) is 39.2 Å². The van der Waals surface area contributed by atoms with Crippen molar-refractivity contribution in [2.24, 2.45) is 0 Å². The number of rotatable bonds is 10. The highest BCUT2D eigenvalue weighted by atomic mass is 32.2. The molecule has 1 atom stereocenters. The van der Waals surface area contributed by atoms with Gasteiger partial charge in [0, 0.05) is 42.5 Å². The highest BCUT2D eigenvalue weighted by molar-refractivity contribution is 7.98. The van der Waals surface area contributed by atoms with Crippen LogP contribution in [-0.2, 0) is 20.8 Å². The molecule has 0 saturated carbocycles. The van der Waals surface area contributed by atoms with Gasteiger partial charge in [-0.15, -0.1) is 11.8 Å². The summed E-state index contributed by atoms with van der Waals surface area (Å²) >= 11 is 1.23. The SMILES string of the molecule is CCC(=O)Oc1cc2c(c(OC(=O)CC)c1OC(=O)CC)-c1ccc(SC)c(=O)cc1[C@@H](NC(=O)c1ccc([N+](=O)[O-])cc1)CC2. The second-order valence-electron chi connectivity index (χ2n) is 10.2. The number of fused-ring (bicyclic) bond motifs is 3. The second kappa shape index (κ2) is 14.8. The van der Waals surface area contributed by atoms with Crippen molar-refractivity contribution in [3.05, 3.63) is 85.6 Å². The van der Waals surface area contributed by atoms with Crippen LogP contribution in [-0.4, -0.2) is 35.0 Å². The number of nitrogens with zero attached hydrogens (tertiary/aromatic N) is 1. The minimum atomic E-state index is -0.752. The van der Waals surface area contributed by atoms with Crippen LogP contribution in [0.4, 0.5) is 5.69 Å². The summed E-state index contributed by atoms with van der Waals surface area (Å²) in [4.78, 5) is 75.5. The van der Waals surface area contributed by atoms with E-state index in [2.05, 4.69) is 5.32 Å². The van der Waals surface area contributed by atoms with E-state index in [0.717, 1.165) is 0 Å². The zero-order chi connectivity index (χ0) is 33.5. The Kier molecular flexibility index (Phi) is 10.9. The van der Waals surface area contributed by atoms with Crippen molar-refractivity contribution in [2.45, 2.75) is 63.8 Å². The average molecular weight is 649 g/mol. The molecule has 0 aliphatic heterocycles. The third-order valence-electron chi connectivity index (χ3n) is 7.26. The maximum Gasteiger partial charge on any atom is 0.311 e. The lowest BCUT2D eigenvalue weighted by Gasteiger charge is -2.21. The first-order valence-electron chi connectivity index (χ1n) is 14.6. The number of nitrogens with one attached hydrogen (secondary N) is 1. The molecule has 240 valence electrons. The number of nitro benzene ring substituents is 1. The number of esters is 3. The Hall–Kier alpha value is -5.04. The molecular formula is C33H32N2O10S. The number of carbonyl (C=O) groups is 4. The number of hydrogen-bond acceptors (Lipinski definition) is 11. The normalized spacial score (nSPS) is 13.3. The number of nitro groups is 1. The van der Waals surface area contributed by atoms with Crippen molar-refractivity contribution < 1.29 is 38.3 Å². The predicted molar refractivity (Wildman–Crippen MR) is 169 cm³/mol. The molecule has 46 heavy (non-hydrogen) atoms. The van der Waals surface area contributed by atoms with Crippen LogP contribution in [0.15, 0.2) is 58.2 Å². The molecule has 0 saturated heterocycles. The highest BCUT2D eigenvalue weighted by Crippen LogP contribution is 2.51. The molecule has 0 radical (unpaired) electrons. The van der Waals surface area contributed by atoms with Crippen molar-refractivity contribution in [3.8, 4) is 28.4 Å². The highest BCUT2D eigenvalue weighted by Gasteiger charge is 2.32. The summed E-state index contributed by atoms with van der Waals surface area (Å²) in [6.07, 6.45) is 2.21. The molecule has 0 aromatic heterocycles. The first-order valence-corrected chi connectivity index (χ1v) is 15.8. The predicted octanol–water partition coefficient (Wildman–Crippen LogP) is 5.71. The van der Waals surface area contributed by atoms with Gasteiger partial charge in [0.1, 0.15) is 0 Å². The number of thioether (sulfide) groups is 1. The number of aryl methyl sites for hydroxylation is 1. The van der Waals surface area contributed by atoms with Crippen LogP contribution in [0.5, 0.6) is 17.2 Å². The minimum absolute atomic E-state index is 0.0154. The van der Waals surface area contributed by atoms with E-state index in [9.17, 15) is 34.1 Å². The molecule has 1 aliphatic rings. The van der Waals surface area contributed by atoms with Crippen LogP contribution in [0.25, 0.3) is 11.1 Å². The lowest BCUT2D eigenvalue weighted by atomic mass is 9.95. The van der Waals surface area contributed by atoms with Gasteiger partial charge in [0.15, 0.2) is 16.9 Å². The van der Waals surface area contributed by atoms with Crippen molar-refractivity contribution in [3.63, 3.8) is 0 Å². The van der Waals surface area contributed by atoms with Gasteiger partial charge in [-0.3, -0.25) is 34.1 Å². The van der Waals surface area contributed by atoms with Gasteiger partial charge in [-0.25, -0.2) is 0 Å². The van der Waals surface area contributed by atoms with Crippen molar-refractivity contribution in [1.29, 1.82) is 0 Å². The summed E-state index contributed by atoms with van der Waals surface area (Å²) in [6.45, 7) is 4.76. The molecule has 1 N–H and O–H groups in total. The van der Waals surface area contributed by atoms with Gasteiger partial charge >= 0.3 is 17.9 Å². The number of amides is 1. The number of non-ortho nitro benzene ring substituents is 1. The van der Waals surface area contributed by atoms with E-state index in [4.69, 9.17) is 14.2 Å². The minimum Gasteiger partial charge on any atom is -0.422 e. The van der Waals surface area contributed by atoms with Gasteiger partial charge in [-0.1, -0.05) is 26.8 Å². The first-order chi connectivity index (χ1) is 22.0. The van der Waals surface area contributed by atoms with Crippen LogP contribution >= 0.6 is 11.8 Å². The summed E-state index contributed by atoms with van der Waals surface area (Å²) in [5, 5.41) is 14.0.